The molecule has 3 aromatic rings. The van der Waals surface area contributed by atoms with Crippen molar-refractivity contribution in [3.8, 4) is 0 Å². The van der Waals surface area contributed by atoms with Gasteiger partial charge >= 0.3 is 5.97 Å². The predicted molar refractivity (Wildman–Crippen MR) is 143 cm³/mol. The van der Waals surface area contributed by atoms with Crippen LogP contribution < -0.4 is 21.7 Å². The number of benzene rings is 3. The molecule has 3 aromatic carbocycles. The van der Waals surface area contributed by atoms with E-state index >= 15 is 0 Å². The maximum atomic E-state index is 13.4. The minimum atomic E-state index is -1.20. The fourth-order valence-corrected chi connectivity index (χ4v) is 3.92. The average Bonchev–Trinajstić information content (AvgIpc) is 2.92. The zero-order chi connectivity index (χ0) is 27.3. The van der Waals surface area contributed by atoms with E-state index in [1.807, 2.05) is 66.7 Å². The van der Waals surface area contributed by atoms with Crippen LogP contribution in [0.1, 0.15) is 16.7 Å². The number of aliphatic carboxylic acids is 1. The largest absolute Gasteiger partial charge is 0.480 e. The number of carboxylic acid groups (broad SMARTS) is 1. The summed E-state index contributed by atoms with van der Waals surface area (Å²) in [5.41, 5.74) is 8.61. The van der Waals surface area contributed by atoms with Crippen molar-refractivity contribution in [2.45, 2.75) is 37.4 Å². The van der Waals surface area contributed by atoms with E-state index in [-0.39, 0.29) is 12.8 Å². The van der Waals surface area contributed by atoms with E-state index < -0.39 is 48.4 Å². The van der Waals surface area contributed by atoms with Gasteiger partial charge in [0.25, 0.3) is 0 Å². The maximum absolute atomic E-state index is 13.4. The molecule has 198 valence electrons. The Morgan fingerprint density at radius 2 is 1.00 bits per heavy atom. The van der Waals surface area contributed by atoms with Crippen molar-refractivity contribution in [1.82, 2.24) is 16.0 Å². The minimum absolute atomic E-state index is 0.136. The lowest BCUT2D eigenvalue weighted by Gasteiger charge is -2.24. The second-order valence-corrected chi connectivity index (χ2v) is 8.91. The lowest BCUT2D eigenvalue weighted by Crippen LogP contribution is -2.57. The predicted octanol–water partition coefficient (Wildman–Crippen LogP) is 1.21. The molecule has 9 heteroatoms. The summed E-state index contributed by atoms with van der Waals surface area (Å²) in [5, 5.41) is 16.7. The number of hydrogen-bond acceptors (Lipinski definition) is 5. The Morgan fingerprint density at radius 3 is 1.45 bits per heavy atom. The van der Waals surface area contributed by atoms with Gasteiger partial charge < -0.3 is 26.8 Å². The Kier molecular flexibility index (Phi) is 10.6. The summed E-state index contributed by atoms with van der Waals surface area (Å²) in [7, 11) is 0. The van der Waals surface area contributed by atoms with E-state index in [0.717, 1.165) is 16.7 Å². The quantitative estimate of drug-likeness (QED) is 0.230. The number of rotatable bonds is 13. The molecular formula is C29H32N4O5. The second-order valence-electron chi connectivity index (χ2n) is 8.91. The molecule has 0 saturated carbocycles. The molecule has 0 bridgehead atoms. The normalized spacial score (nSPS) is 13.0. The van der Waals surface area contributed by atoms with Crippen molar-refractivity contribution >= 4 is 23.7 Å². The van der Waals surface area contributed by atoms with Crippen molar-refractivity contribution < 1.29 is 24.3 Å². The SMILES string of the molecule is N[C@H](Cc1ccccc1)C(=O)N[C@H](Cc1ccccc1)C(=O)N[C@H](Cc1ccccc1)C(=O)NCC(=O)O. The number of nitrogens with two attached hydrogens (primary N) is 1. The summed E-state index contributed by atoms with van der Waals surface area (Å²) in [5.74, 6) is -2.93. The highest BCUT2D eigenvalue weighted by molar-refractivity contribution is 5.94. The van der Waals surface area contributed by atoms with Crippen LogP contribution in [-0.2, 0) is 38.4 Å². The molecule has 38 heavy (non-hydrogen) atoms. The van der Waals surface area contributed by atoms with Crippen LogP contribution in [0.25, 0.3) is 0 Å². The van der Waals surface area contributed by atoms with Gasteiger partial charge in [0.15, 0.2) is 0 Å². The van der Waals surface area contributed by atoms with Crippen LogP contribution >= 0.6 is 0 Å². The highest BCUT2D eigenvalue weighted by atomic mass is 16.4. The molecule has 3 atom stereocenters. The Hall–Kier alpha value is -4.50. The highest BCUT2D eigenvalue weighted by Gasteiger charge is 2.29. The zero-order valence-corrected chi connectivity index (χ0v) is 20.9. The Labute approximate surface area is 221 Å². The summed E-state index contributed by atoms with van der Waals surface area (Å²) in [6.07, 6.45) is 0.601. The van der Waals surface area contributed by atoms with Gasteiger partial charge in [-0.3, -0.25) is 19.2 Å². The van der Waals surface area contributed by atoms with Crippen molar-refractivity contribution in [1.29, 1.82) is 0 Å². The molecule has 6 N–H and O–H groups in total. The monoisotopic (exact) mass is 516 g/mol. The van der Waals surface area contributed by atoms with Gasteiger partial charge in [0.05, 0.1) is 6.04 Å². The van der Waals surface area contributed by atoms with Gasteiger partial charge in [-0.05, 0) is 23.1 Å². The molecule has 0 aliphatic heterocycles. The van der Waals surface area contributed by atoms with E-state index in [2.05, 4.69) is 16.0 Å². The molecule has 0 aliphatic carbocycles. The van der Waals surface area contributed by atoms with Crippen molar-refractivity contribution in [2.75, 3.05) is 6.54 Å². The molecule has 9 nitrogen and oxygen atoms in total. The van der Waals surface area contributed by atoms with Crippen LogP contribution in [0.3, 0.4) is 0 Å². The average molecular weight is 517 g/mol. The van der Waals surface area contributed by atoms with Crippen molar-refractivity contribution in [3.05, 3.63) is 108 Å². The number of carboxylic acids is 1. The van der Waals surface area contributed by atoms with E-state index in [0.29, 0.717) is 6.42 Å². The lowest BCUT2D eigenvalue weighted by atomic mass is 10.0. The zero-order valence-electron chi connectivity index (χ0n) is 20.9. The molecular weight excluding hydrogens is 484 g/mol. The van der Waals surface area contributed by atoms with Gasteiger partial charge in [-0.25, -0.2) is 0 Å². The van der Waals surface area contributed by atoms with Gasteiger partial charge in [-0.2, -0.15) is 0 Å². The van der Waals surface area contributed by atoms with Crippen LogP contribution in [0, 0.1) is 0 Å². The number of carbonyl (C=O) groups excluding carboxylic acids is 3. The van der Waals surface area contributed by atoms with E-state index in [1.54, 1.807) is 24.3 Å². The van der Waals surface area contributed by atoms with E-state index in [1.165, 1.54) is 0 Å². The fourth-order valence-electron chi connectivity index (χ4n) is 3.92. The van der Waals surface area contributed by atoms with Crippen LogP contribution in [-0.4, -0.2) is 53.5 Å². The number of amides is 3. The van der Waals surface area contributed by atoms with E-state index in [4.69, 9.17) is 10.8 Å². The van der Waals surface area contributed by atoms with Crippen molar-refractivity contribution in [3.63, 3.8) is 0 Å². The topological polar surface area (TPSA) is 151 Å². The third-order valence-electron chi connectivity index (χ3n) is 5.88. The van der Waals surface area contributed by atoms with Gasteiger partial charge in [0.1, 0.15) is 18.6 Å². The standard InChI is InChI=1S/C29H32N4O5/c30-23(16-20-10-4-1-5-11-20)27(36)32-25(18-22-14-8-3-9-15-22)29(38)33-24(28(37)31-19-26(34)35)17-21-12-6-2-7-13-21/h1-15,23-25H,16-19,30H2,(H,31,37)(H,32,36)(H,33,38)(H,34,35)/t23-,24-,25-/m1/s1. The summed E-state index contributed by atoms with van der Waals surface area (Å²) in [6, 6.07) is 24.5. The summed E-state index contributed by atoms with van der Waals surface area (Å²) in [4.78, 5) is 50.2. The first-order valence-corrected chi connectivity index (χ1v) is 12.3. The number of nitrogens with one attached hydrogen (secondary N) is 3. The fraction of sp³-hybridized carbons (Fsp3) is 0.241. The summed E-state index contributed by atoms with van der Waals surface area (Å²) >= 11 is 0. The van der Waals surface area contributed by atoms with Crippen LogP contribution in [0.4, 0.5) is 0 Å². The van der Waals surface area contributed by atoms with Crippen LogP contribution in [0.15, 0.2) is 91.0 Å². The van der Waals surface area contributed by atoms with Gasteiger partial charge in [0, 0.05) is 12.8 Å². The molecule has 0 heterocycles. The Balaban J connectivity index is 1.77. The number of carbonyl (C=O) groups is 4. The van der Waals surface area contributed by atoms with Crippen molar-refractivity contribution in [2.24, 2.45) is 5.73 Å². The number of hydrogen-bond donors (Lipinski definition) is 5. The molecule has 0 spiro atoms. The first-order chi connectivity index (χ1) is 18.3. The van der Waals surface area contributed by atoms with Crippen LogP contribution in [0.2, 0.25) is 0 Å². The van der Waals surface area contributed by atoms with Gasteiger partial charge in [-0.1, -0.05) is 91.0 Å². The summed E-state index contributed by atoms with van der Waals surface area (Å²) in [6.45, 7) is -0.585. The molecule has 0 radical (unpaired) electrons. The third-order valence-corrected chi connectivity index (χ3v) is 5.88. The molecule has 0 aromatic heterocycles. The van der Waals surface area contributed by atoms with Gasteiger partial charge in [-0.15, -0.1) is 0 Å². The molecule has 0 saturated heterocycles. The highest BCUT2D eigenvalue weighted by Crippen LogP contribution is 2.08. The lowest BCUT2D eigenvalue weighted by molar-refractivity contribution is -0.138. The first-order valence-electron chi connectivity index (χ1n) is 12.3. The smallest absolute Gasteiger partial charge is 0.322 e. The van der Waals surface area contributed by atoms with Crippen LogP contribution in [0.5, 0.6) is 0 Å². The molecule has 3 amide bonds. The molecule has 0 aliphatic rings. The first kappa shape index (κ1) is 28.1. The second kappa shape index (κ2) is 14.3. The maximum Gasteiger partial charge on any atom is 0.322 e. The molecule has 0 unspecified atom stereocenters. The van der Waals surface area contributed by atoms with Gasteiger partial charge in [0.2, 0.25) is 17.7 Å². The van der Waals surface area contributed by atoms with E-state index in [9.17, 15) is 19.2 Å². The Bertz CT molecular complexity index is 1210. The summed E-state index contributed by atoms with van der Waals surface area (Å²) < 4.78 is 0. The minimum Gasteiger partial charge on any atom is -0.480 e. The Morgan fingerprint density at radius 1 is 0.605 bits per heavy atom. The molecule has 3 rings (SSSR count). The molecule has 0 fully saturated rings. The third kappa shape index (κ3) is 9.18.